The third kappa shape index (κ3) is 2.08. The molecule has 0 saturated heterocycles. The molecule has 2 aromatic rings. The highest BCUT2D eigenvalue weighted by Gasteiger charge is 2.18. The number of H-pyrrole nitrogens is 1. The number of aromatic amines is 1. The van der Waals surface area contributed by atoms with Crippen molar-refractivity contribution in [3.63, 3.8) is 0 Å². The molecule has 0 radical (unpaired) electrons. The van der Waals surface area contributed by atoms with E-state index in [4.69, 9.17) is 0 Å². The van der Waals surface area contributed by atoms with Crippen molar-refractivity contribution in [1.29, 1.82) is 0 Å². The maximum absolute atomic E-state index is 11.9. The average Bonchev–Trinajstić information content (AvgIpc) is 3.01. The number of hydrogen-bond acceptors (Lipinski definition) is 4. The van der Waals surface area contributed by atoms with Gasteiger partial charge in [-0.05, 0) is 30.9 Å². The highest BCUT2D eigenvalue weighted by Crippen LogP contribution is 2.30. The lowest BCUT2D eigenvalue weighted by Gasteiger charge is -2.00. The van der Waals surface area contributed by atoms with Gasteiger partial charge >= 0.3 is 0 Å². The fraction of sp³-hybridized carbons (Fsp3) is 0.364. The molecule has 2 N–H and O–H groups in total. The Morgan fingerprint density at radius 1 is 1.53 bits per heavy atom. The standard InChI is InChI=1S/C11H12N4OS/c16-11(12-5-10-13-6-14-15-10)9-4-7-2-1-3-8(7)17-9/h4,6H,1-3,5H2,(H,12,16)(H,13,14,15). The quantitative estimate of drug-likeness (QED) is 0.859. The Hall–Kier alpha value is -1.69. The Morgan fingerprint density at radius 3 is 3.24 bits per heavy atom. The van der Waals surface area contributed by atoms with Crippen LogP contribution in [0.25, 0.3) is 0 Å². The van der Waals surface area contributed by atoms with E-state index in [0.717, 1.165) is 17.7 Å². The van der Waals surface area contributed by atoms with Gasteiger partial charge in [-0.1, -0.05) is 0 Å². The van der Waals surface area contributed by atoms with Crippen molar-refractivity contribution in [2.75, 3.05) is 0 Å². The molecule has 1 amide bonds. The lowest BCUT2D eigenvalue weighted by molar-refractivity contribution is 0.0954. The number of nitrogens with zero attached hydrogens (tertiary/aromatic N) is 2. The summed E-state index contributed by atoms with van der Waals surface area (Å²) < 4.78 is 0. The Labute approximate surface area is 102 Å². The van der Waals surface area contributed by atoms with E-state index in [2.05, 4.69) is 20.5 Å². The lowest BCUT2D eigenvalue weighted by atomic mass is 10.2. The molecule has 2 aromatic heterocycles. The van der Waals surface area contributed by atoms with Crippen molar-refractivity contribution >= 4 is 17.2 Å². The number of hydrogen-bond donors (Lipinski definition) is 2. The first-order valence-electron chi connectivity index (χ1n) is 5.57. The van der Waals surface area contributed by atoms with Crippen LogP contribution in [0.5, 0.6) is 0 Å². The minimum absolute atomic E-state index is 0.0270. The van der Waals surface area contributed by atoms with Crippen molar-refractivity contribution in [2.24, 2.45) is 0 Å². The van der Waals surface area contributed by atoms with E-state index in [1.165, 1.54) is 23.2 Å². The van der Waals surface area contributed by atoms with Gasteiger partial charge in [0.1, 0.15) is 12.2 Å². The predicted molar refractivity (Wildman–Crippen MR) is 63.9 cm³/mol. The van der Waals surface area contributed by atoms with Gasteiger partial charge in [0.2, 0.25) is 0 Å². The van der Waals surface area contributed by atoms with Gasteiger partial charge in [0, 0.05) is 4.88 Å². The topological polar surface area (TPSA) is 70.7 Å². The summed E-state index contributed by atoms with van der Waals surface area (Å²) in [6.07, 6.45) is 4.89. The van der Waals surface area contributed by atoms with Crippen LogP contribution in [0, 0.1) is 0 Å². The largest absolute Gasteiger partial charge is 0.344 e. The molecule has 1 aliphatic rings. The predicted octanol–water partition coefficient (Wildman–Crippen LogP) is 1.28. The van der Waals surface area contributed by atoms with Gasteiger partial charge in [-0.2, -0.15) is 5.10 Å². The van der Waals surface area contributed by atoms with Crippen LogP contribution < -0.4 is 5.32 Å². The van der Waals surface area contributed by atoms with Gasteiger partial charge in [0.15, 0.2) is 0 Å². The summed E-state index contributed by atoms with van der Waals surface area (Å²) >= 11 is 1.61. The summed E-state index contributed by atoms with van der Waals surface area (Å²) in [5.74, 6) is 0.642. The summed E-state index contributed by atoms with van der Waals surface area (Å²) in [4.78, 5) is 18.0. The van der Waals surface area contributed by atoms with Crippen LogP contribution in [-0.2, 0) is 19.4 Å². The number of carbonyl (C=O) groups is 1. The molecule has 0 bridgehead atoms. The van der Waals surface area contributed by atoms with E-state index in [1.807, 2.05) is 6.07 Å². The molecule has 5 nitrogen and oxygen atoms in total. The number of aryl methyl sites for hydroxylation is 2. The molecular weight excluding hydrogens is 236 g/mol. The van der Waals surface area contributed by atoms with E-state index in [1.54, 1.807) is 11.3 Å². The van der Waals surface area contributed by atoms with E-state index < -0.39 is 0 Å². The second-order valence-electron chi connectivity index (χ2n) is 4.03. The molecule has 0 aliphatic heterocycles. The molecular formula is C11H12N4OS. The van der Waals surface area contributed by atoms with Crippen LogP contribution in [0.4, 0.5) is 0 Å². The Bertz CT molecular complexity index is 510. The molecule has 2 heterocycles. The Balaban J connectivity index is 1.65. The van der Waals surface area contributed by atoms with Crippen LogP contribution in [0.1, 0.15) is 32.4 Å². The Kier molecular flexibility index (Phi) is 2.64. The maximum atomic E-state index is 11.9. The first-order valence-corrected chi connectivity index (χ1v) is 6.38. The Morgan fingerprint density at radius 2 is 2.47 bits per heavy atom. The third-order valence-electron chi connectivity index (χ3n) is 2.85. The number of thiophene rings is 1. The maximum Gasteiger partial charge on any atom is 0.261 e. The van der Waals surface area contributed by atoms with Crippen LogP contribution in [0.2, 0.25) is 0 Å². The molecule has 0 saturated carbocycles. The van der Waals surface area contributed by atoms with Crippen molar-refractivity contribution < 1.29 is 4.79 Å². The molecule has 0 atom stereocenters. The van der Waals surface area contributed by atoms with Crippen molar-refractivity contribution in [2.45, 2.75) is 25.8 Å². The first kappa shape index (κ1) is 10.5. The van der Waals surface area contributed by atoms with E-state index >= 15 is 0 Å². The molecule has 0 spiro atoms. The van der Waals surface area contributed by atoms with Gasteiger partial charge in [0.25, 0.3) is 5.91 Å². The van der Waals surface area contributed by atoms with Gasteiger partial charge in [-0.25, -0.2) is 4.98 Å². The van der Waals surface area contributed by atoms with Gasteiger partial charge in [-0.15, -0.1) is 11.3 Å². The average molecular weight is 248 g/mol. The monoisotopic (exact) mass is 248 g/mol. The number of fused-ring (bicyclic) bond motifs is 1. The second-order valence-corrected chi connectivity index (χ2v) is 5.16. The number of carbonyl (C=O) groups excluding carboxylic acids is 1. The zero-order valence-corrected chi connectivity index (χ0v) is 10.0. The third-order valence-corrected chi connectivity index (χ3v) is 4.09. The number of nitrogens with one attached hydrogen (secondary N) is 2. The van der Waals surface area contributed by atoms with Crippen LogP contribution in [-0.4, -0.2) is 21.1 Å². The van der Waals surface area contributed by atoms with Crippen molar-refractivity contribution in [3.05, 3.63) is 33.5 Å². The van der Waals surface area contributed by atoms with Crippen LogP contribution in [0.15, 0.2) is 12.4 Å². The van der Waals surface area contributed by atoms with Crippen molar-refractivity contribution in [1.82, 2.24) is 20.5 Å². The number of amides is 1. The first-order chi connectivity index (χ1) is 8.33. The zero-order chi connectivity index (χ0) is 11.7. The van der Waals surface area contributed by atoms with Crippen LogP contribution in [0.3, 0.4) is 0 Å². The molecule has 6 heteroatoms. The summed E-state index contributed by atoms with van der Waals surface area (Å²) in [7, 11) is 0. The molecule has 0 fully saturated rings. The number of rotatable bonds is 3. The normalized spacial score (nSPS) is 13.6. The van der Waals surface area contributed by atoms with E-state index in [-0.39, 0.29) is 5.91 Å². The van der Waals surface area contributed by atoms with Gasteiger partial charge in [-0.3, -0.25) is 9.89 Å². The molecule has 0 aromatic carbocycles. The minimum atomic E-state index is -0.0270. The molecule has 17 heavy (non-hydrogen) atoms. The molecule has 0 unspecified atom stereocenters. The van der Waals surface area contributed by atoms with Gasteiger partial charge in [0.05, 0.1) is 11.4 Å². The second kappa shape index (κ2) is 4.29. The van der Waals surface area contributed by atoms with E-state index in [0.29, 0.717) is 12.4 Å². The fourth-order valence-corrected chi connectivity index (χ4v) is 3.18. The molecule has 1 aliphatic carbocycles. The highest BCUT2D eigenvalue weighted by atomic mass is 32.1. The summed E-state index contributed by atoms with van der Waals surface area (Å²) in [6, 6.07) is 2.02. The molecule has 88 valence electrons. The smallest absolute Gasteiger partial charge is 0.261 e. The summed E-state index contributed by atoms with van der Waals surface area (Å²) in [5.41, 5.74) is 1.35. The summed E-state index contributed by atoms with van der Waals surface area (Å²) in [5, 5.41) is 9.27. The fourth-order valence-electron chi connectivity index (χ4n) is 2.01. The van der Waals surface area contributed by atoms with Gasteiger partial charge < -0.3 is 5.32 Å². The highest BCUT2D eigenvalue weighted by molar-refractivity contribution is 7.14. The SMILES string of the molecule is O=C(NCc1ncn[nH]1)c1cc2c(s1)CCC2. The van der Waals surface area contributed by atoms with E-state index in [9.17, 15) is 4.79 Å². The van der Waals surface area contributed by atoms with Crippen molar-refractivity contribution in [3.8, 4) is 0 Å². The number of aromatic nitrogens is 3. The molecule has 3 rings (SSSR count). The van der Waals surface area contributed by atoms with Crippen LogP contribution >= 0.6 is 11.3 Å². The summed E-state index contributed by atoms with van der Waals surface area (Å²) in [6.45, 7) is 0.390. The lowest BCUT2D eigenvalue weighted by Crippen LogP contribution is -2.22. The zero-order valence-electron chi connectivity index (χ0n) is 9.19. The minimum Gasteiger partial charge on any atom is -0.344 e.